The van der Waals surface area contributed by atoms with E-state index in [1.807, 2.05) is 0 Å². The van der Waals surface area contributed by atoms with Gasteiger partial charge in [0.15, 0.2) is 0 Å². The van der Waals surface area contributed by atoms with Crippen LogP contribution < -0.4 is 16.4 Å². The first-order valence-corrected chi connectivity index (χ1v) is 9.09. The van der Waals surface area contributed by atoms with E-state index in [0.29, 0.717) is 6.04 Å². The fourth-order valence-electron chi connectivity index (χ4n) is 3.99. The second kappa shape index (κ2) is 6.48. The largest absolute Gasteiger partial charge is 0.381 e. The topological polar surface area (TPSA) is 67.9 Å². The number of rotatable bonds is 5. The predicted molar refractivity (Wildman–Crippen MR) is 98.3 cm³/mol. The van der Waals surface area contributed by atoms with Crippen molar-refractivity contribution in [2.75, 3.05) is 23.7 Å². The Bertz CT molecular complexity index is 702. The summed E-state index contributed by atoms with van der Waals surface area (Å²) in [6, 6.07) is 9.23. The summed E-state index contributed by atoms with van der Waals surface area (Å²) in [5.74, 6) is 0.841. The average molecular weight is 325 g/mol. The lowest BCUT2D eigenvalue weighted by Gasteiger charge is -2.35. The number of hydrogen-bond acceptors (Lipinski definition) is 4. The molecule has 1 aliphatic heterocycles. The summed E-state index contributed by atoms with van der Waals surface area (Å²) in [6.45, 7) is 3.83. The van der Waals surface area contributed by atoms with Gasteiger partial charge in [-0.05, 0) is 57.2 Å². The van der Waals surface area contributed by atoms with Crippen LogP contribution in [0.15, 0.2) is 30.5 Å². The SMILES string of the molecule is Cc1nn(C2CC(CCCN)C2)cc1C1CNc2ccccc2N1. The van der Waals surface area contributed by atoms with Crippen LogP contribution in [-0.2, 0) is 0 Å². The second-order valence-electron chi connectivity index (χ2n) is 7.20. The highest BCUT2D eigenvalue weighted by molar-refractivity contribution is 5.71. The van der Waals surface area contributed by atoms with E-state index in [4.69, 9.17) is 10.8 Å². The minimum absolute atomic E-state index is 0.279. The van der Waals surface area contributed by atoms with Crippen LogP contribution >= 0.6 is 0 Å². The lowest BCUT2D eigenvalue weighted by molar-refractivity contribution is 0.171. The van der Waals surface area contributed by atoms with E-state index in [1.54, 1.807) is 0 Å². The Hall–Kier alpha value is -2.01. The molecule has 0 bridgehead atoms. The lowest BCUT2D eigenvalue weighted by atomic mass is 9.77. The first kappa shape index (κ1) is 15.5. The van der Waals surface area contributed by atoms with Crippen LogP contribution in [0.3, 0.4) is 0 Å². The van der Waals surface area contributed by atoms with E-state index in [0.717, 1.165) is 31.1 Å². The highest BCUT2D eigenvalue weighted by Crippen LogP contribution is 2.41. The molecular weight excluding hydrogens is 298 g/mol. The third-order valence-corrected chi connectivity index (χ3v) is 5.48. The Morgan fingerprint density at radius 1 is 1.25 bits per heavy atom. The molecular formula is C19H27N5. The number of nitrogens with zero attached hydrogens (tertiary/aromatic N) is 2. The Labute approximate surface area is 143 Å². The van der Waals surface area contributed by atoms with E-state index in [9.17, 15) is 0 Å². The first-order chi connectivity index (χ1) is 11.7. The molecule has 2 heterocycles. The van der Waals surface area contributed by atoms with Crippen molar-refractivity contribution in [2.45, 2.75) is 44.7 Å². The van der Waals surface area contributed by atoms with Gasteiger partial charge >= 0.3 is 0 Å². The van der Waals surface area contributed by atoms with Gasteiger partial charge < -0.3 is 16.4 Å². The summed E-state index contributed by atoms with van der Waals surface area (Å²) < 4.78 is 2.20. The van der Waals surface area contributed by atoms with Gasteiger partial charge in [-0.2, -0.15) is 5.10 Å². The molecule has 5 nitrogen and oxygen atoms in total. The van der Waals surface area contributed by atoms with Crippen molar-refractivity contribution >= 4 is 11.4 Å². The Morgan fingerprint density at radius 2 is 2.04 bits per heavy atom. The molecule has 0 radical (unpaired) electrons. The van der Waals surface area contributed by atoms with Crippen LogP contribution in [0, 0.1) is 12.8 Å². The monoisotopic (exact) mass is 325 g/mol. The molecule has 0 saturated heterocycles. The van der Waals surface area contributed by atoms with Crippen LogP contribution in [-0.4, -0.2) is 22.9 Å². The summed E-state index contributed by atoms with van der Waals surface area (Å²) in [6.07, 6.45) is 7.18. The minimum atomic E-state index is 0.279. The minimum Gasteiger partial charge on any atom is -0.381 e. The van der Waals surface area contributed by atoms with Gasteiger partial charge in [-0.25, -0.2) is 0 Å². The first-order valence-electron chi connectivity index (χ1n) is 9.09. The van der Waals surface area contributed by atoms with E-state index in [2.05, 4.69) is 52.7 Å². The van der Waals surface area contributed by atoms with Crippen molar-refractivity contribution in [2.24, 2.45) is 11.7 Å². The van der Waals surface area contributed by atoms with Crippen LogP contribution in [0.5, 0.6) is 0 Å². The van der Waals surface area contributed by atoms with E-state index >= 15 is 0 Å². The fourth-order valence-corrected chi connectivity index (χ4v) is 3.99. The van der Waals surface area contributed by atoms with Gasteiger partial charge in [-0.15, -0.1) is 0 Å². The van der Waals surface area contributed by atoms with Gasteiger partial charge in [0, 0.05) is 18.3 Å². The number of benzene rings is 1. The zero-order valence-corrected chi connectivity index (χ0v) is 14.3. The molecule has 0 spiro atoms. The number of aryl methyl sites for hydroxylation is 1. The molecule has 5 heteroatoms. The summed E-state index contributed by atoms with van der Waals surface area (Å²) >= 11 is 0. The Morgan fingerprint density at radius 3 is 2.83 bits per heavy atom. The summed E-state index contributed by atoms with van der Waals surface area (Å²) in [4.78, 5) is 0. The third kappa shape index (κ3) is 2.88. The van der Waals surface area contributed by atoms with Crippen molar-refractivity contribution in [3.05, 3.63) is 41.7 Å². The van der Waals surface area contributed by atoms with E-state index in [-0.39, 0.29) is 6.04 Å². The molecule has 1 aromatic heterocycles. The molecule has 0 amide bonds. The maximum atomic E-state index is 5.61. The van der Waals surface area contributed by atoms with Gasteiger partial charge in [0.2, 0.25) is 0 Å². The maximum absolute atomic E-state index is 5.61. The number of aromatic nitrogens is 2. The normalized spacial score (nSPS) is 25.3. The quantitative estimate of drug-likeness (QED) is 0.787. The summed E-state index contributed by atoms with van der Waals surface area (Å²) in [7, 11) is 0. The number of nitrogens with one attached hydrogen (secondary N) is 2. The molecule has 2 aromatic rings. The van der Waals surface area contributed by atoms with Crippen molar-refractivity contribution in [1.82, 2.24) is 9.78 Å². The van der Waals surface area contributed by atoms with Gasteiger partial charge in [0.1, 0.15) is 0 Å². The second-order valence-corrected chi connectivity index (χ2v) is 7.20. The van der Waals surface area contributed by atoms with Crippen molar-refractivity contribution in [3.63, 3.8) is 0 Å². The predicted octanol–water partition coefficient (Wildman–Crippen LogP) is 3.46. The number of hydrogen-bond donors (Lipinski definition) is 3. The maximum Gasteiger partial charge on any atom is 0.0720 e. The van der Waals surface area contributed by atoms with Gasteiger partial charge in [0.25, 0.3) is 0 Å². The molecule has 1 fully saturated rings. The van der Waals surface area contributed by atoms with Crippen LogP contribution in [0.2, 0.25) is 0 Å². The van der Waals surface area contributed by atoms with Gasteiger partial charge in [-0.1, -0.05) is 12.1 Å². The van der Waals surface area contributed by atoms with Crippen LogP contribution in [0.25, 0.3) is 0 Å². The number of nitrogens with two attached hydrogens (primary N) is 1. The number of fused-ring (bicyclic) bond motifs is 1. The smallest absolute Gasteiger partial charge is 0.0720 e. The van der Waals surface area contributed by atoms with Gasteiger partial charge in [0.05, 0.1) is 29.2 Å². The third-order valence-electron chi connectivity index (χ3n) is 5.48. The summed E-state index contributed by atoms with van der Waals surface area (Å²) in [5, 5.41) is 12.0. The van der Waals surface area contributed by atoms with E-state index in [1.165, 1.54) is 36.2 Å². The number of para-hydroxylation sites is 2. The highest BCUT2D eigenvalue weighted by Gasteiger charge is 2.31. The zero-order valence-electron chi connectivity index (χ0n) is 14.3. The van der Waals surface area contributed by atoms with Gasteiger partial charge in [-0.3, -0.25) is 4.68 Å². The summed E-state index contributed by atoms with van der Waals surface area (Å²) in [5.41, 5.74) is 10.4. The zero-order chi connectivity index (χ0) is 16.5. The van der Waals surface area contributed by atoms with Crippen LogP contribution in [0.1, 0.15) is 49.0 Å². The molecule has 1 unspecified atom stereocenters. The lowest BCUT2D eigenvalue weighted by Crippen LogP contribution is -2.28. The number of anilines is 2. The highest BCUT2D eigenvalue weighted by atomic mass is 15.3. The fraction of sp³-hybridized carbons (Fsp3) is 0.526. The van der Waals surface area contributed by atoms with Crippen molar-refractivity contribution in [3.8, 4) is 0 Å². The van der Waals surface area contributed by atoms with Crippen molar-refractivity contribution < 1.29 is 0 Å². The molecule has 1 aliphatic carbocycles. The average Bonchev–Trinajstić information content (AvgIpc) is 2.94. The molecule has 4 rings (SSSR count). The molecule has 2 aliphatic rings. The Kier molecular flexibility index (Phi) is 4.19. The molecule has 24 heavy (non-hydrogen) atoms. The van der Waals surface area contributed by atoms with Crippen molar-refractivity contribution in [1.29, 1.82) is 0 Å². The standard InChI is InChI=1S/C19H27N5/c1-13-16(19-11-21-17-6-2-3-7-18(17)22-19)12-24(23-13)15-9-14(10-15)5-4-8-20/h2-3,6-7,12,14-15,19,21-22H,4-5,8-11,20H2,1H3. The molecule has 4 N–H and O–H groups in total. The van der Waals surface area contributed by atoms with Crippen LogP contribution in [0.4, 0.5) is 11.4 Å². The van der Waals surface area contributed by atoms with E-state index < -0.39 is 0 Å². The Balaban J connectivity index is 1.44. The molecule has 128 valence electrons. The molecule has 1 atom stereocenters. The molecule has 1 saturated carbocycles. The molecule has 1 aromatic carbocycles.